The summed E-state index contributed by atoms with van der Waals surface area (Å²) in [6.07, 6.45) is 0. The molecule has 0 bridgehead atoms. The minimum absolute atomic E-state index is 0.0312. The first-order chi connectivity index (χ1) is 9.10. The molecule has 0 radical (unpaired) electrons. The summed E-state index contributed by atoms with van der Waals surface area (Å²) in [6, 6.07) is 3.57. The van der Waals surface area contributed by atoms with Crippen molar-refractivity contribution >= 4 is 5.91 Å². The molecule has 5 heteroatoms. The molecule has 0 aliphatic carbocycles. The van der Waals surface area contributed by atoms with E-state index in [1.54, 1.807) is 4.90 Å². The predicted molar refractivity (Wildman–Crippen MR) is 73.2 cm³/mol. The number of carbonyl (C=O) groups excluding carboxylic acids is 1. The number of phenolic OH excluding ortho intramolecular Hbond substituents is 1. The van der Waals surface area contributed by atoms with Gasteiger partial charge in [-0.05, 0) is 39.8 Å². The minimum Gasteiger partial charge on any atom is -0.508 e. The van der Waals surface area contributed by atoms with Crippen molar-refractivity contribution in [2.24, 2.45) is 0 Å². The van der Waals surface area contributed by atoms with E-state index in [1.165, 1.54) is 12.1 Å². The largest absolute Gasteiger partial charge is 0.508 e. The molecule has 1 amide bonds. The Morgan fingerprint density at radius 3 is 2.30 bits per heavy atom. The van der Waals surface area contributed by atoms with Crippen LogP contribution in [0, 0.1) is 5.82 Å². The lowest BCUT2D eigenvalue weighted by Crippen LogP contribution is -2.58. The lowest BCUT2D eigenvalue weighted by atomic mass is 9.98. The van der Waals surface area contributed by atoms with Crippen molar-refractivity contribution in [2.75, 3.05) is 13.1 Å². The quantitative estimate of drug-likeness (QED) is 0.860. The summed E-state index contributed by atoms with van der Waals surface area (Å²) < 4.78 is 19.7. The number of ether oxygens (including phenoxy) is 1. The van der Waals surface area contributed by atoms with E-state index in [4.69, 9.17) is 4.74 Å². The van der Waals surface area contributed by atoms with Crippen LogP contribution in [0.1, 0.15) is 38.1 Å². The summed E-state index contributed by atoms with van der Waals surface area (Å²) in [5, 5.41) is 9.21. The highest BCUT2D eigenvalue weighted by Crippen LogP contribution is 2.29. The summed E-state index contributed by atoms with van der Waals surface area (Å²) in [5.74, 6) is -1.29. The van der Waals surface area contributed by atoms with E-state index in [2.05, 4.69) is 0 Å². The standard InChI is InChI=1S/C15H20FNO3/c1-14(2)8-17(9-15(3,4)20-14)13(19)11-6-5-10(18)7-12(11)16/h5-7,18H,8-9H2,1-4H3. The SMILES string of the molecule is CC1(C)CN(C(=O)c2ccc(O)cc2F)CC(C)(C)O1. The maximum Gasteiger partial charge on any atom is 0.257 e. The summed E-state index contributed by atoms with van der Waals surface area (Å²) in [5.41, 5.74) is -0.994. The molecule has 0 unspecified atom stereocenters. The number of phenols is 1. The summed E-state index contributed by atoms with van der Waals surface area (Å²) in [4.78, 5) is 14.1. The van der Waals surface area contributed by atoms with Gasteiger partial charge in [0.05, 0.1) is 16.8 Å². The van der Waals surface area contributed by atoms with Crippen LogP contribution in [0.4, 0.5) is 4.39 Å². The van der Waals surface area contributed by atoms with E-state index in [-0.39, 0.29) is 17.2 Å². The molecular formula is C15H20FNO3. The third-order valence-electron chi connectivity index (χ3n) is 3.17. The zero-order valence-electron chi connectivity index (χ0n) is 12.2. The van der Waals surface area contributed by atoms with Crippen LogP contribution >= 0.6 is 0 Å². The van der Waals surface area contributed by atoms with Crippen LogP contribution in [0.15, 0.2) is 18.2 Å². The van der Waals surface area contributed by atoms with Crippen molar-refractivity contribution in [3.8, 4) is 5.75 Å². The van der Waals surface area contributed by atoms with Crippen LogP contribution in [0.5, 0.6) is 5.75 Å². The molecular weight excluding hydrogens is 261 g/mol. The monoisotopic (exact) mass is 281 g/mol. The molecule has 2 rings (SSSR count). The molecule has 20 heavy (non-hydrogen) atoms. The van der Waals surface area contributed by atoms with E-state index in [0.717, 1.165) is 6.07 Å². The van der Waals surface area contributed by atoms with E-state index in [0.29, 0.717) is 13.1 Å². The van der Waals surface area contributed by atoms with Crippen LogP contribution in [0.25, 0.3) is 0 Å². The third kappa shape index (κ3) is 3.10. The Morgan fingerprint density at radius 1 is 1.25 bits per heavy atom. The topological polar surface area (TPSA) is 49.8 Å². The highest BCUT2D eigenvalue weighted by molar-refractivity contribution is 5.94. The fraction of sp³-hybridized carbons (Fsp3) is 0.533. The number of nitrogens with zero attached hydrogens (tertiary/aromatic N) is 1. The fourth-order valence-corrected chi connectivity index (χ4v) is 2.78. The number of aromatic hydroxyl groups is 1. The number of carbonyl (C=O) groups is 1. The zero-order chi connectivity index (χ0) is 15.1. The molecule has 1 aliphatic rings. The van der Waals surface area contributed by atoms with E-state index in [9.17, 15) is 14.3 Å². The van der Waals surface area contributed by atoms with E-state index < -0.39 is 17.0 Å². The van der Waals surface area contributed by atoms with Crippen molar-refractivity contribution in [3.05, 3.63) is 29.6 Å². The number of hydrogen-bond donors (Lipinski definition) is 1. The summed E-state index contributed by atoms with van der Waals surface area (Å²) in [6.45, 7) is 8.41. The van der Waals surface area contributed by atoms with Gasteiger partial charge in [0.1, 0.15) is 11.6 Å². The van der Waals surface area contributed by atoms with Gasteiger partial charge in [-0.25, -0.2) is 4.39 Å². The number of rotatable bonds is 1. The molecule has 0 saturated carbocycles. The molecule has 1 aromatic rings. The average molecular weight is 281 g/mol. The van der Waals surface area contributed by atoms with Gasteiger partial charge >= 0.3 is 0 Å². The number of morpholine rings is 1. The van der Waals surface area contributed by atoms with Crippen LogP contribution < -0.4 is 0 Å². The predicted octanol–water partition coefficient (Wildman–Crippen LogP) is 2.56. The van der Waals surface area contributed by atoms with E-state index >= 15 is 0 Å². The normalized spacial score (nSPS) is 20.8. The molecule has 0 spiro atoms. The molecule has 4 nitrogen and oxygen atoms in total. The van der Waals surface area contributed by atoms with Crippen molar-refractivity contribution in [3.63, 3.8) is 0 Å². The first kappa shape index (κ1) is 14.8. The first-order valence-electron chi connectivity index (χ1n) is 6.58. The molecule has 1 aromatic carbocycles. The molecule has 1 N–H and O–H groups in total. The Hall–Kier alpha value is -1.62. The molecule has 110 valence electrons. The lowest BCUT2D eigenvalue weighted by molar-refractivity contribution is -0.171. The summed E-state index contributed by atoms with van der Waals surface area (Å²) in [7, 11) is 0. The minimum atomic E-state index is -0.711. The molecule has 1 fully saturated rings. The molecule has 0 atom stereocenters. The van der Waals surface area contributed by atoms with Gasteiger partial charge in [-0.15, -0.1) is 0 Å². The average Bonchev–Trinajstić information content (AvgIpc) is 2.23. The molecule has 0 aromatic heterocycles. The van der Waals surface area contributed by atoms with Crippen LogP contribution in [-0.4, -0.2) is 40.2 Å². The Balaban J connectivity index is 2.28. The second-order valence-electron chi connectivity index (χ2n) is 6.45. The van der Waals surface area contributed by atoms with Gasteiger partial charge in [-0.2, -0.15) is 0 Å². The van der Waals surface area contributed by atoms with Crippen LogP contribution in [0.2, 0.25) is 0 Å². The van der Waals surface area contributed by atoms with Gasteiger partial charge < -0.3 is 14.7 Å². The number of amides is 1. The van der Waals surface area contributed by atoms with Gasteiger partial charge in [0.15, 0.2) is 0 Å². The number of halogens is 1. The zero-order valence-corrected chi connectivity index (χ0v) is 12.2. The lowest BCUT2D eigenvalue weighted by Gasteiger charge is -2.47. The van der Waals surface area contributed by atoms with Gasteiger partial charge in [-0.1, -0.05) is 0 Å². The Kier molecular flexibility index (Phi) is 3.50. The van der Waals surface area contributed by atoms with Crippen LogP contribution in [0.3, 0.4) is 0 Å². The van der Waals surface area contributed by atoms with Crippen molar-refractivity contribution in [1.29, 1.82) is 0 Å². The number of benzene rings is 1. The van der Waals surface area contributed by atoms with Gasteiger partial charge in [0.25, 0.3) is 5.91 Å². The number of hydrogen-bond acceptors (Lipinski definition) is 3. The van der Waals surface area contributed by atoms with Crippen molar-refractivity contribution < 1.29 is 19.0 Å². The van der Waals surface area contributed by atoms with Gasteiger partial charge in [0, 0.05) is 19.2 Å². The summed E-state index contributed by atoms with van der Waals surface area (Å²) >= 11 is 0. The maximum absolute atomic E-state index is 13.8. The Morgan fingerprint density at radius 2 is 1.80 bits per heavy atom. The third-order valence-corrected chi connectivity index (χ3v) is 3.17. The second-order valence-corrected chi connectivity index (χ2v) is 6.45. The second kappa shape index (κ2) is 4.74. The van der Waals surface area contributed by atoms with Gasteiger partial charge in [0.2, 0.25) is 0 Å². The smallest absolute Gasteiger partial charge is 0.257 e. The highest BCUT2D eigenvalue weighted by atomic mass is 19.1. The molecule has 1 aliphatic heterocycles. The Labute approximate surface area is 118 Å². The van der Waals surface area contributed by atoms with Crippen LogP contribution in [-0.2, 0) is 4.74 Å². The Bertz CT molecular complexity index is 524. The maximum atomic E-state index is 13.8. The fourth-order valence-electron chi connectivity index (χ4n) is 2.78. The van der Waals surface area contributed by atoms with E-state index in [1.807, 2.05) is 27.7 Å². The van der Waals surface area contributed by atoms with Crippen molar-refractivity contribution in [1.82, 2.24) is 4.90 Å². The van der Waals surface area contributed by atoms with Gasteiger partial charge in [-0.3, -0.25) is 4.79 Å². The molecule has 1 saturated heterocycles. The van der Waals surface area contributed by atoms with Crippen molar-refractivity contribution in [2.45, 2.75) is 38.9 Å². The highest BCUT2D eigenvalue weighted by Gasteiger charge is 2.40. The molecule has 1 heterocycles. The first-order valence-corrected chi connectivity index (χ1v) is 6.58.